The average molecular weight is 249 g/mol. The fourth-order valence-corrected chi connectivity index (χ4v) is 4.71. The second-order valence-corrected chi connectivity index (χ2v) is 11.9. The van der Waals surface area contributed by atoms with Crippen LogP contribution in [0.2, 0.25) is 25.0 Å². The lowest BCUT2D eigenvalue weighted by Crippen LogP contribution is -2.58. The normalized spacial score (nSPS) is 17.5. The average Bonchev–Trinajstić information content (AvgIpc) is 2.19. The summed E-state index contributed by atoms with van der Waals surface area (Å²) < 4.78 is 2.66. The molecule has 0 saturated heterocycles. The Bertz CT molecular complexity index is 326. The van der Waals surface area contributed by atoms with Gasteiger partial charge in [0, 0.05) is 0 Å². The minimum Gasteiger partial charge on any atom is -0.445 e. The number of allylic oxidation sites excluding steroid dienone is 3. The molecular formula is C14H28BNSi. The van der Waals surface area contributed by atoms with Gasteiger partial charge in [-0.1, -0.05) is 65.6 Å². The summed E-state index contributed by atoms with van der Waals surface area (Å²) in [5.41, 5.74) is 1.60. The number of hydrogen-bond donors (Lipinski definition) is 0. The summed E-state index contributed by atoms with van der Waals surface area (Å²) in [6.07, 6.45) is 9.36. The van der Waals surface area contributed by atoms with E-state index in [-0.39, 0.29) is 0 Å². The maximum atomic E-state index is 2.66. The standard InChI is InChI=1S/C14H28BNSi/c1-8-10-13-11-9-12-16(15(13)5)17(6,7)14(2,3)4/h9,11-12H,8,10H2,1-7H3. The van der Waals surface area contributed by atoms with Crippen molar-refractivity contribution in [2.24, 2.45) is 0 Å². The van der Waals surface area contributed by atoms with Crippen molar-refractivity contribution in [1.29, 1.82) is 0 Å². The van der Waals surface area contributed by atoms with Crippen LogP contribution in [-0.2, 0) is 0 Å². The summed E-state index contributed by atoms with van der Waals surface area (Å²) in [6, 6.07) is 0. The van der Waals surface area contributed by atoms with E-state index in [2.05, 4.69) is 70.4 Å². The molecule has 0 amide bonds. The number of hydrogen-bond acceptors (Lipinski definition) is 1. The van der Waals surface area contributed by atoms with E-state index in [9.17, 15) is 0 Å². The summed E-state index contributed by atoms with van der Waals surface area (Å²) >= 11 is 0. The van der Waals surface area contributed by atoms with E-state index in [0.717, 1.165) is 0 Å². The molecule has 0 radical (unpaired) electrons. The van der Waals surface area contributed by atoms with Crippen LogP contribution in [0.4, 0.5) is 0 Å². The van der Waals surface area contributed by atoms with Crippen LogP contribution in [0.3, 0.4) is 0 Å². The Kier molecular flexibility index (Phi) is 4.34. The lowest BCUT2D eigenvalue weighted by molar-refractivity contribution is 0.650. The third-order valence-corrected chi connectivity index (χ3v) is 10.0. The van der Waals surface area contributed by atoms with E-state index in [1.807, 2.05) is 0 Å². The maximum Gasteiger partial charge on any atom is 0.272 e. The van der Waals surface area contributed by atoms with Gasteiger partial charge in [0.05, 0.1) is 0 Å². The van der Waals surface area contributed by atoms with Crippen molar-refractivity contribution in [2.75, 3.05) is 0 Å². The van der Waals surface area contributed by atoms with Gasteiger partial charge in [-0.15, -0.1) is 0 Å². The molecule has 0 aromatic heterocycles. The highest BCUT2D eigenvalue weighted by molar-refractivity contribution is 6.88. The van der Waals surface area contributed by atoms with Gasteiger partial charge >= 0.3 is 0 Å². The molecule has 1 rings (SSSR count). The van der Waals surface area contributed by atoms with Crippen molar-refractivity contribution in [3.8, 4) is 0 Å². The van der Waals surface area contributed by atoms with E-state index in [1.54, 1.807) is 5.47 Å². The third-order valence-electron chi connectivity index (χ3n) is 4.53. The van der Waals surface area contributed by atoms with Gasteiger partial charge in [-0.2, -0.15) is 0 Å². The Balaban J connectivity index is 2.95. The summed E-state index contributed by atoms with van der Waals surface area (Å²) in [6.45, 7) is 17.4. The first kappa shape index (κ1) is 14.6. The van der Waals surface area contributed by atoms with Crippen LogP contribution in [0.25, 0.3) is 0 Å². The minimum atomic E-state index is -1.43. The van der Waals surface area contributed by atoms with Crippen LogP contribution in [0, 0.1) is 0 Å². The zero-order valence-corrected chi connectivity index (χ0v) is 13.7. The molecule has 1 aliphatic heterocycles. The quantitative estimate of drug-likeness (QED) is 0.655. The van der Waals surface area contributed by atoms with Crippen LogP contribution >= 0.6 is 0 Å². The molecular weight excluding hydrogens is 221 g/mol. The first-order chi connectivity index (χ1) is 7.71. The first-order valence-electron chi connectivity index (χ1n) is 6.87. The Morgan fingerprint density at radius 1 is 1.29 bits per heavy atom. The highest BCUT2D eigenvalue weighted by Gasteiger charge is 2.43. The van der Waals surface area contributed by atoms with E-state index < -0.39 is 8.24 Å². The monoisotopic (exact) mass is 249 g/mol. The number of nitrogens with zero attached hydrogens (tertiary/aromatic N) is 1. The molecule has 1 aliphatic rings. The highest BCUT2D eigenvalue weighted by Crippen LogP contribution is 2.40. The largest absolute Gasteiger partial charge is 0.445 e. The predicted molar refractivity (Wildman–Crippen MR) is 82.8 cm³/mol. The molecule has 0 spiro atoms. The third kappa shape index (κ3) is 2.87. The van der Waals surface area contributed by atoms with Crippen molar-refractivity contribution in [1.82, 2.24) is 4.48 Å². The SMILES string of the molecule is CCCC1=CC=CN([Si](C)(C)C(C)(C)C)B1C. The molecule has 0 fully saturated rings. The van der Waals surface area contributed by atoms with E-state index in [0.29, 0.717) is 11.9 Å². The zero-order valence-electron chi connectivity index (χ0n) is 12.7. The molecule has 0 aliphatic carbocycles. The smallest absolute Gasteiger partial charge is 0.272 e. The molecule has 0 N–H and O–H groups in total. The van der Waals surface area contributed by atoms with Crippen LogP contribution in [0.15, 0.2) is 23.8 Å². The molecule has 96 valence electrons. The van der Waals surface area contributed by atoms with Gasteiger partial charge in [-0.25, -0.2) is 0 Å². The lowest BCUT2D eigenvalue weighted by Gasteiger charge is -2.49. The molecule has 0 aromatic carbocycles. The topological polar surface area (TPSA) is 3.24 Å². The summed E-state index contributed by atoms with van der Waals surface area (Å²) in [7, 11) is -1.43. The minimum absolute atomic E-state index is 0.403. The molecule has 0 aromatic rings. The maximum absolute atomic E-state index is 2.66. The Morgan fingerprint density at radius 2 is 1.88 bits per heavy atom. The Hall–Kier alpha value is -0.438. The first-order valence-corrected chi connectivity index (χ1v) is 9.82. The van der Waals surface area contributed by atoms with Crippen molar-refractivity contribution >= 4 is 15.1 Å². The van der Waals surface area contributed by atoms with Gasteiger partial charge in [0.2, 0.25) is 0 Å². The van der Waals surface area contributed by atoms with Gasteiger partial charge in [-0.05, 0) is 23.7 Å². The fraction of sp³-hybridized carbons (Fsp3) is 0.714. The molecule has 0 saturated carbocycles. The summed E-state index contributed by atoms with van der Waals surface area (Å²) in [4.78, 5) is 0. The van der Waals surface area contributed by atoms with Crippen LogP contribution in [-0.4, -0.2) is 19.6 Å². The van der Waals surface area contributed by atoms with Crippen molar-refractivity contribution in [3.05, 3.63) is 23.8 Å². The Labute approximate surface area is 109 Å². The van der Waals surface area contributed by atoms with Gasteiger partial charge in [-0.3, -0.25) is 0 Å². The van der Waals surface area contributed by atoms with E-state index >= 15 is 0 Å². The fourth-order valence-electron chi connectivity index (χ4n) is 2.35. The second kappa shape index (κ2) is 5.05. The summed E-state index contributed by atoms with van der Waals surface area (Å²) in [5.74, 6) is 0. The summed E-state index contributed by atoms with van der Waals surface area (Å²) in [5, 5.41) is 0.403. The molecule has 3 heteroatoms. The van der Waals surface area contributed by atoms with Crippen molar-refractivity contribution in [3.63, 3.8) is 0 Å². The van der Waals surface area contributed by atoms with Crippen molar-refractivity contribution < 1.29 is 0 Å². The lowest BCUT2D eigenvalue weighted by atomic mass is 9.55. The molecule has 0 unspecified atom stereocenters. The van der Waals surface area contributed by atoms with E-state index in [4.69, 9.17) is 0 Å². The van der Waals surface area contributed by atoms with Crippen molar-refractivity contribution in [2.45, 2.75) is 65.5 Å². The van der Waals surface area contributed by atoms with Gasteiger partial charge in [0.25, 0.3) is 6.85 Å². The molecule has 0 bridgehead atoms. The molecule has 1 heterocycles. The van der Waals surface area contributed by atoms with Crippen LogP contribution in [0.5, 0.6) is 0 Å². The second-order valence-electron chi connectivity index (χ2n) is 6.73. The van der Waals surface area contributed by atoms with Crippen LogP contribution in [0.1, 0.15) is 40.5 Å². The molecule has 17 heavy (non-hydrogen) atoms. The van der Waals surface area contributed by atoms with Gasteiger partial charge in [0.15, 0.2) is 0 Å². The van der Waals surface area contributed by atoms with Crippen LogP contribution < -0.4 is 0 Å². The predicted octanol–water partition coefficient (Wildman–Crippen LogP) is 4.71. The Morgan fingerprint density at radius 3 is 2.35 bits per heavy atom. The van der Waals surface area contributed by atoms with Gasteiger partial charge in [0.1, 0.15) is 8.24 Å². The molecule has 1 nitrogen and oxygen atoms in total. The zero-order chi connectivity index (χ0) is 13.3. The number of rotatable bonds is 3. The highest BCUT2D eigenvalue weighted by atomic mass is 28.3. The molecule has 0 atom stereocenters. The van der Waals surface area contributed by atoms with Gasteiger partial charge < -0.3 is 4.48 Å². The van der Waals surface area contributed by atoms with E-state index in [1.165, 1.54) is 12.8 Å².